The van der Waals surface area contributed by atoms with Crippen molar-refractivity contribution in [3.63, 3.8) is 0 Å². The molecule has 0 radical (unpaired) electrons. The van der Waals surface area contributed by atoms with Crippen molar-refractivity contribution in [2.45, 2.75) is 39.3 Å². The molecule has 0 aliphatic heterocycles. The number of amides is 1. The van der Waals surface area contributed by atoms with Gasteiger partial charge in [-0.1, -0.05) is 19.1 Å². The van der Waals surface area contributed by atoms with Gasteiger partial charge in [-0.15, -0.1) is 11.3 Å². The van der Waals surface area contributed by atoms with Crippen LogP contribution in [0.4, 0.5) is 5.69 Å². The van der Waals surface area contributed by atoms with Crippen LogP contribution in [0.1, 0.15) is 29.5 Å². The van der Waals surface area contributed by atoms with Gasteiger partial charge in [0.15, 0.2) is 0 Å². The fourth-order valence-corrected chi connectivity index (χ4v) is 2.88. The molecule has 1 aromatic carbocycles. The lowest BCUT2D eigenvalue weighted by Gasteiger charge is -2.14. The molecule has 3 N–H and O–H groups in total. The van der Waals surface area contributed by atoms with Crippen molar-refractivity contribution >= 4 is 22.9 Å². The zero-order valence-corrected chi connectivity index (χ0v) is 14.3. The average Bonchev–Trinajstić information content (AvgIpc) is 2.97. The molecule has 2 rings (SSSR count). The minimum atomic E-state index is -0.161. The summed E-state index contributed by atoms with van der Waals surface area (Å²) in [5, 5.41) is 15.3. The Morgan fingerprint density at radius 3 is 2.65 bits per heavy atom. The Morgan fingerprint density at radius 2 is 2.09 bits per heavy atom. The molecule has 1 aromatic heterocycles. The van der Waals surface area contributed by atoms with Gasteiger partial charge < -0.3 is 15.7 Å². The smallest absolute Gasteiger partial charge is 0.224 e. The second-order valence-electron chi connectivity index (χ2n) is 5.44. The molecule has 1 unspecified atom stereocenters. The SMILES string of the molecule is CCC(CO)NC(=O)Cc1ccc(NCc2scnc2C)cc1. The monoisotopic (exact) mass is 333 g/mol. The van der Waals surface area contributed by atoms with E-state index in [1.54, 1.807) is 11.3 Å². The Labute approximate surface area is 140 Å². The van der Waals surface area contributed by atoms with Crippen molar-refractivity contribution in [1.29, 1.82) is 0 Å². The van der Waals surface area contributed by atoms with Crippen LogP contribution in [0.2, 0.25) is 0 Å². The molecule has 0 saturated heterocycles. The van der Waals surface area contributed by atoms with Gasteiger partial charge in [-0.3, -0.25) is 4.79 Å². The normalized spacial score (nSPS) is 12.0. The van der Waals surface area contributed by atoms with Crippen LogP contribution >= 0.6 is 11.3 Å². The van der Waals surface area contributed by atoms with E-state index < -0.39 is 0 Å². The zero-order chi connectivity index (χ0) is 16.7. The molecule has 0 spiro atoms. The maximum absolute atomic E-state index is 11.9. The first kappa shape index (κ1) is 17.4. The van der Waals surface area contributed by atoms with Crippen molar-refractivity contribution in [1.82, 2.24) is 10.3 Å². The van der Waals surface area contributed by atoms with Crippen LogP contribution in [-0.2, 0) is 17.8 Å². The number of aliphatic hydroxyl groups excluding tert-OH is 1. The number of benzene rings is 1. The van der Waals surface area contributed by atoms with Crippen molar-refractivity contribution < 1.29 is 9.90 Å². The van der Waals surface area contributed by atoms with Gasteiger partial charge in [0.05, 0.1) is 36.8 Å². The van der Waals surface area contributed by atoms with E-state index in [1.165, 1.54) is 4.88 Å². The summed E-state index contributed by atoms with van der Waals surface area (Å²) in [5.74, 6) is -0.0631. The molecule has 0 saturated carbocycles. The Kier molecular flexibility index (Phi) is 6.55. The third-order valence-electron chi connectivity index (χ3n) is 3.69. The second kappa shape index (κ2) is 8.64. The summed E-state index contributed by atoms with van der Waals surface area (Å²) in [6, 6.07) is 7.68. The van der Waals surface area contributed by atoms with E-state index >= 15 is 0 Å². The highest BCUT2D eigenvalue weighted by Crippen LogP contribution is 2.16. The minimum absolute atomic E-state index is 0.0257. The summed E-state index contributed by atoms with van der Waals surface area (Å²) in [4.78, 5) is 17.4. The summed E-state index contributed by atoms with van der Waals surface area (Å²) >= 11 is 1.64. The standard InChI is InChI=1S/C17H23N3O2S/c1-3-14(10-21)20-17(22)8-13-4-6-15(7-5-13)18-9-16-12(2)19-11-23-16/h4-7,11,14,18,21H,3,8-10H2,1-2H3,(H,20,22). The number of aromatic nitrogens is 1. The third-order valence-corrected chi connectivity index (χ3v) is 4.63. The zero-order valence-electron chi connectivity index (χ0n) is 13.5. The van der Waals surface area contributed by atoms with E-state index in [2.05, 4.69) is 15.6 Å². The minimum Gasteiger partial charge on any atom is -0.394 e. The second-order valence-corrected chi connectivity index (χ2v) is 6.38. The molecule has 1 heterocycles. The number of hydrogen-bond acceptors (Lipinski definition) is 5. The first-order valence-corrected chi connectivity index (χ1v) is 8.62. The summed E-state index contributed by atoms with van der Waals surface area (Å²) in [5.41, 5.74) is 4.88. The van der Waals surface area contributed by atoms with E-state index in [4.69, 9.17) is 5.11 Å². The summed E-state index contributed by atoms with van der Waals surface area (Å²) in [7, 11) is 0. The van der Waals surface area contributed by atoms with E-state index in [9.17, 15) is 4.79 Å². The Balaban J connectivity index is 1.84. The largest absolute Gasteiger partial charge is 0.394 e. The molecule has 6 heteroatoms. The van der Waals surface area contributed by atoms with Gasteiger partial charge in [0, 0.05) is 10.6 Å². The number of carbonyl (C=O) groups is 1. The van der Waals surface area contributed by atoms with Crippen LogP contribution in [0.5, 0.6) is 0 Å². The molecule has 23 heavy (non-hydrogen) atoms. The number of rotatable bonds is 8. The van der Waals surface area contributed by atoms with Gasteiger partial charge >= 0.3 is 0 Å². The topological polar surface area (TPSA) is 74.2 Å². The van der Waals surface area contributed by atoms with Crippen molar-refractivity contribution in [3.05, 3.63) is 45.9 Å². The molecular formula is C17H23N3O2S. The lowest BCUT2D eigenvalue weighted by Crippen LogP contribution is -2.37. The Morgan fingerprint density at radius 1 is 1.35 bits per heavy atom. The molecule has 1 atom stereocenters. The van der Waals surface area contributed by atoms with Crippen LogP contribution < -0.4 is 10.6 Å². The van der Waals surface area contributed by atoms with Gasteiger partial charge in [-0.05, 0) is 31.0 Å². The quantitative estimate of drug-likeness (QED) is 0.694. The number of aliphatic hydroxyl groups is 1. The van der Waals surface area contributed by atoms with Gasteiger partial charge in [0.1, 0.15) is 0 Å². The van der Waals surface area contributed by atoms with Gasteiger partial charge in [-0.2, -0.15) is 0 Å². The van der Waals surface area contributed by atoms with E-state index in [0.29, 0.717) is 6.42 Å². The maximum atomic E-state index is 11.9. The van der Waals surface area contributed by atoms with Crippen molar-refractivity contribution in [2.24, 2.45) is 0 Å². The first-order chi connectivity index (χ1) is 11.1. The summed E-state index contributed by atoms with van der Waals surface area (Å²) < 4.78 is 0. The van der Waals surface area contributed by atoms with Crippen LogP contribution in [0.3, 0.4) is 0 Å². The number of anilines is 1. The van der Waals surface area contributed by atoms with E-state index in [0.717, 1.165) is 29.9 Å². The molecule has 0 aliphatic carbocycles. The molecule has 0 fully saturated rings. The van der Waals surface area contributed by atoms with Crippen LogP contribution in [0, 0.1) is 6.92 Å². The molecular weight excluding hydrogens is 310 g/mol. The third kappa shape index (κ3) is 5.33. The summed E-state index contributed by atoms with van der Waals surface area (Å²) in [6.45, 7) is 4.67. The number of hydrogen-bond donors (Lipinski definition) is 3. The van der Waals surface area contributed by atoms with E-state index in [-0.39, 0.29) is 18.6 Å². The van der Waals surface area contributed by atoms with Gasteiger partial charge in [-0.25, -0.2) is 4.98 Å². The van der Waals surface area contributed by atoms with Crippen LogP contribution in [0.15, 0.2) is 29.8 Å². The molecule has 0 aliphatic rings. The average molecular weight is 333 g/mol. The molecule has 2 aromatic rings. The Bertz CT molecular complexity index is 621. The fourth-order valence-electron chi connectivity index (χ4n) is 2.16. The van der Waals surface area contributed by atoms with Gasteiger partial charge in [0.25, 0.3) is 0 Å². The highest BCUT2D eigenvalue weighted by molar-refractivity contribution is 7.09. The Hall–Kier alpha value is -1.92. The van der Waals surface area contributed by atoms with Crippen molar-refractivity contribution in [3.8, 4) is 0 Å². The molecule has 5 nitrogen and oxygen atoms in total. The molecule has 1 amide bonds. The number of nitrogens with zero attached hydrogens (tertiary/aromatic N) is 1. The first-order valence-electron chi connectivity index (χ1n) is 7.74. The summed E-state index contributed by atoms with van der Waals surface area (Å²) in [6.07, 6.45) is 1.05. The lowest BCUT2D eigenvalue weighted by molar-refractivity contribution is -0.121. The highest BCUT2D eigenvalue weighted by Gasteiger charge is 2.09. The van der Waals surface area contributed by atoms with Crippen molar-refractivity contribution in [2.75, 3.05) is 11.9 Å². The maximum Gasteiger partial charge on any atom is 0.224 e. The number of nitrogens with one attached hydrogen (secondary N) is 2. The number of carbonyl (C=O) groups excluding carboxylic acids is 1. The van der Waals surface area contributed by atoms with Gasteiger partial charge in [0.2, 0.25) is 5.91 Å². The predicted molar refractivity (Wildman–Crippen MR) is 93.6 cm³/mol. The number of thiazole rings is 1. The number of aryl methyl sites for hydroxylation is 1. The molecule has 0 bridgehead atoms. The van der Waals surface area contributed by atoms with Crippen LogP contribution in [-0.4, -0.2) is 28.6 Å². The fraction of sp³-hybridized carbons (Fsp3) is 0.412. The highest BCUT2D eigenvalue weighted by atomic mass is 32.1. The lowest BCUT2D eigenvalue weighted by atomic mass is 10.1. The van der Waals surface area contributed by atoms with E-state index in [1.807, 2.05) is 43.6 Å². The predicted octanol–water partition coefficient (Wildman–Crippen LogP) is 2.49. The molecule has 124 valence electrons. The van der Waals surface area contributed by atoms with Crippen LogP contribution in [0.25, 0.3) is 0 Å².